The quantitative estimate of drug-likeness (QED) is 0.599. The van der Waals surface area contributed by atoms with Gasteiger partial charge in [0, 0.05) is 11.5 Å². The van der Waals surface area contributed by atoms with Crippen molar-refractivity contribution in [2.24, 2.45) is 0 Å². The van der Waals surface area contributed by atoms with Gasteiger partial charge >= 0.3 is 0 Å². The third kappa shape index (κ3) is 1.60. The lowest BCUT2D eigenvalue weighted by molar-refractivity contribution is 1.10. The fourth-order valence-electron chi connectivity index (χ4n) is 1.45. The van der Waals surface area contributed by atoms with Crippen LogP contribution < -0.4 is 10.6 Å². The summed E-state index contributed by atoms with van der Waals surface area (Å²) in [5, 5.41) is 2.72. The molecule has 2 rings (SSSR count). The molecule has 12 heavy (non-hydrogen) atoms. The molecular weight excluding hydrogens is 146 g/mol. The number of hydrogen-bond donors (Lipinski definition) is 1. The Morgan fingerprint density at radius 1 is 1.17 bits per heavy atom. The van der Waals surface area contributed by atoms with E-state index in [-0.39, 0.29) is 0 Å². The maximum Gasteiger partial charge on any atom is 0.0413 e. The van der Waals surface area contributed by atoms with Gasteiger partial charge in [0.1, 0.15) is 0 Å². The minimum absolute atomic E-state index is 1.19. The van der Waals surface area contributed by atoms with Gasteiger partial charge in [-0.2, -0.15) is 0 Å². The molecule has 1 heteroatoms. The summed E-state index contributed by atoms with van der Waals surface area (Å²) in [4.78, 5) is 3.24. The van der Waals surface area contributed by atoms with Crippen LogP contribution in [0.5, 0.6) is 0 Å². The lowest BCUT2D eigenvalue weighted by atomic mass is 10.1. The maximum absolute atomic E-state index is 3.24. The number of aryl methyl sites for hydroxylation is 1. The smallest absolute Gasteiger partial charge is 0.0413 e. The van der Waals surface area contributed by atoms with Crippen LogP contribution in [0, 0.1) is 6.92 Å². The van der Waals surface area contributed by atoms with Gasteiger partial charge in [0.15, 0.2) is 0 Å². The molecule has 0 amide bonds. The van der Waals surface area contributed by atoms with Crippen LogP contribution in [0.4, 0.5) is 0 Å². The van der Waals surface area contributed by atoms with Gasteiger partial charge in [-0.15, -0.1) is 0 Å². The molecule has 1 aliphatic rings. The minimum Gasteiger partial charge on any atom is -0.361 e. The Labute approximate surface area is 73.8 Å². The Morgan fingerprint density at radius 2 is 1.83 bits per heavy atom. The SMILES string of the molecule is CC.Cc1c[nH]c2c1=CCCC=2. The molecule has 0 saturated heterocycles. The van der Waals surface area contributed by atoms with E-state index in [1.54, 1.807) is 0 Å². The van der Waals surface area contributed by atoms with Crippen LogP contribution in [0.25, 0.3) is 12.2 Å². The monoisotopic (exact) mass is 163 g/mol. The van der Waals surface area contributed by atoms with Crippen molar-refractivity contribution in [2.45, 2.75) is 33.6 Å². The molecule has 1 nitrogen and oxygen atoms in total. The molecular formula is C11H17N. The average molecular weight is 163 g/mol. The van der Waals surface area contributed by atoms with Crippen molar-refractivity contribution in [1.29, 1.82) is 0 Å². The van der Waals surface area contributed by atoms with E-state index in [0.717, 1.165) is 0 Å². The first-order valence-electron chi connectivity index (χ1n) is 4.72. The summed E-state index contributed by atoms with van der Waals surface area (Å²) in [6, 6.07) is 0. The van der Waals surface area contributed by atoms with E-state index in [2.05, 4.69) is 30.3 Å². The Bertz CT molecular complexity index is 344. The number of fused-ring (bicyclic) bond motifs is 1. The highest BCUT2D eigenvalue weighted by molar-refractivity contribution is 5.38. The summed E-state index contributed by atoms with van der Waals surface area (Å²) < 4.78 is 0. The molecule has 0 radical (unpaired) electrons. The van der Waals surface area contributed by atoms with Gasteiger partial charge in [-0.1, -0.05) is 26.0 Å². The summed E-state index contributed by atoms with van der Waals surface area (Å²) in [6.45, 7) is 6.14. The Morgan fingerprint density at radius 3 is 2.50 bits per heavy atom. The van der Waals surface area contributed by atoms with E-state index in [0.29, 0.717) is 0 Å². The zero-order valence-corrected chi connectivity index (χ0v) is 8.15. The molecule has 1 aromatic rings. The van der Waals surface area contributed by atoms with E-state index in [1.165, 1.54) is 29.0 Å². The van der Waals surface area contributed by atoms with E-state index in [9.17, 15) is 0 Å². The molecule has 0 fully saturated rings. The first kappa shape index (κ1) is 9.11. The zero-order valence-electron chi connectivity index (χ0n) is 8.15. The summed E-state index contributed by atoms with van der Waals surface area (Å²) in [5.41, 5.74) is 1.37. The van der Waals surface area contributed by atoms with Gasteiger partial charge in [0.05, 0.1) is 0 Å². The van der Waals surface area contributed by atoms with Gasteiger partial charge in [-0.3, -0.25) is 0 Å². The second-order valence-electron chi connectivity index (χ2n) is 2.78. The highest BCUT2D eigenvalue weighted by Crippen LogP contribution is 1.95. The zero-order chi connectivity index (χ0) is 8.97. The molecule has 0 spiro atoms. The number of H-pyrrole nitrogens is 1. The Kier molecular flexibility index (Phi) is 3.15. The number of nitrogens with one attached hydrogen (secondary N) is 1. The van der Waals surface area contributed by atoms with Crippen LogP contribution in [0.15, 0.2) is 6.20 Å². The third-order valence-corrected chi connectivity index (χ3v) is 2.02. The van der Waals surface area contributed by atoms with Crippen molar-refractivity contribution in [3.63, 3.8) is 0 Å². The van der Waals surface area contributed by atoms with E-state index < -0.39 is 0 Å². The summed E-state index contributed by atoms with van der Waals surface area (Å²) in [7, 11) is 0. The van der Waals surface area contributed by atoms with E-state index >= 15 is 0 Å². The Balaban J connectivity index is 0.000000336. The highest BCUT2D eigenvalue weighted by Gasteiger charge is 1.95. The number of hydrogen-bond acceptors (Lipinski definition) is 0. The summed E-state index contributed by atoms with van der Waals surface area (Å²) in [5.74, 6) is 0. The van der Waals surface area contributed by atoms with Gasteiger partial charge < -0.3 is 4.98 Å². The van der Waals surface area contributed by atoms with Crippen molar-refractivity contribution in [3.8, 4) is 0 Å². The molecule has 0 aliphatic heterocycles. The van der Waals surface area contributed by atoms with E-state index in [4.69, 9.17) is 0 Å². The van der Waals surface area contributed by atoms with Gasteiger partial charge in [0.25, 0.3) is 0 Å². The van der Waals surface area contributed by atoms with E-state index in [1.807, 2.05) is 13.8 Å². The number of aromatic nitrogens is 1. The lowest BCUT2D eigenvalue weighted by Crippen LogP contribution is -2.25. The molecule has 0 aromatic carbocycles. The second kappa shape index (κ2) is 4.15. The summed E-state index contributed by atoms with van der Waals surface area (Å²) >= 11 is 0. The fraction of sp³-hybridized carbons (Fsp3) is 0.455. The molecule has 0 atom stereocenters. The fourth-order valence-corrected chi connectivity index (χ4v) is 1.45. The van der Waals surface area contributed by atoms with Crippen molar-refractivity contribution < 1.29 is 0 Å². The standard InChI is InChI=1S/C9H11N.C2H6/c1-7-6-10-9-5-3-2-4-8(7)9;1-2/h4-6,10H,2-3H2,1H3;1-2H3. The second-order valence-corrected chi connectivity index (χ2v) is 2.78. The lowest BCUT2D eigenvalue weighted by Gasteiger charge is -1.93. The van der Waals surface area contributed by atoms with Crippen molar-refractivity contribution >= 4 is 12.2 Å². The van der Waals surface area contributed by atoms with Crippen LogP contribution in [-0.2, 0) is 0 Å². The van der Waals surface area contributed by atoms with Crippen molar-refractivity contribution in [1.82, 2.24) is 4.98 Å². The number of rotatable bonds is 0. The molecule has 1 aromatic heterocycles. The largest absolute Gasteiger partial charge is 0.361 e. The van der Waals surface area contributed by atoms with Crippen LogP contribution in [0.3, 0.4) is 0 Å². The van der Waals surface area contributed by atoms with Crippen molar-refractivity contribution in [2.75, 3.05) is 0 Å². The Hall–Kier alpha value is -0.980. The number of aromatic amines is 1. The first-order valence-corrected chi connectivity index (χ1v) is 4.72. The van der Waals surface area contributed by atoms with Crippen LogP contribution in [0.2, 0.25) is 0 Å². The minimum atomic E-state index is 1.19. The van der Waals surface area contributed by atoms with Gasteiger partial charge in [0.2, 0.25) is 0 Å². The van der Waals surface area contributed by atoms with Crippen LogP contribution >= 0.6 is 0 Å². The molecule has 1 aliphatic carbocycles. The normalized spacial score (nSPS) is 13.2. The molecule has 1 heterocycles. The predicted octanol–water partition coefficient (Wildman–Crippen LogP) is 1.70. The topological polar surface area (TPSA) is 15.8 Å². The molecule has 66 valence electrons. The molecule has 0 saturated carbocycles. The predicted molar refractivity (Wildman–Crippen MR) is 54.3 cm³/mol. The van der Waals surface area contributed by atoms with Crippen LogP contribution in [0.1, 0.15) is 32.3 Å². The molecule has 0 unspecified atom stereocenters. The third-order valence-electron chi connectivity index (χ3n) is 2.02. The average Bonchev–Trinajstić information content (AvgIpc) is 2.53. The molecule has 0 bridgehead atoms. The van der Waals surface area contributed by atoms with Gasteiger partial charge in [-0.05, 0) is 30.5 Å². The summed E-state index contributed by atoms with van der Waals surface area (Å²) in [6.07, 6.45) is 9.03. The molecule has 1 N–H and O–H groups in total. The maximum atomic E-state index is 3.24. The van der Waals surface area contributed by atoms with Gasteiger partial charge in [-0.25, -0.2) is 0 Å². The van der Waals surface area contributed by atoms with Crippen LogP contribution in [-0.4, -0.2) is 4.98 Å². The first-order chi connectivity index (χ1) is 5.88. The highest BCUT2D eigenvalue weighted by atomic mass is 14.7. The van der Waals surface area contributed by atoms with Crippen molar-refractivity contribution in [3.05, 3.63) is 22.3 Å².